The number of alkyl halides is 3. The number of hydrogen-bond acceptors (Lipinski definition) is 4. The lowest BCUT2D eigenvalue weighted by Crippen LogP contribution is -2.47. The maximum absolute atomic E-state index is 13.3. The second-order valence-electron chi connectivity index (χ2n) is 7.35. The SMILES string of the molecule is COc1ccccc1NS(=O)(=O)c1cccc(C(=O)NC2CCCCC2C(F)(F)F)c1. The molecule has 0 spiro atoms. The summed E-state index contributed by atoms with van der Waals surface area (Å²) in [5.41, 5.74) is 0.185. The van der Waals surface area contributed by atoms with Gasteiger partial charge in [-0.15, -0.1) is 0 Å². The molecule has 0 saturated heterocycles. The zero-order valence-corrected chi connectivity index (χ0v) is 17.6. The summed E-state index contributed by atoms with van der Waals surface area (Å²) in [7, 11) is -2.66. The van der Waals surface area contributed by atoms with E-state index in [-0.39, 0.29) is 29.0 Å². The monoisotopic (exact) mass is 456 g/mol. The lowest BCUT2D eigenvalue weighted by Gasteiger charge is -2.33. The predicted octanol–water partition coefficient (Wildman–Crippen LogP) is 4.35. The van der Waals surface area contributed by atoms with Gasteiger partial charge in [-0.05, 0) is 43.2 Å². The zero-order valence-electron chi connectivity index (χ0n) is 16.8. The van der Waals surface area contributed by atoms with Gasteiger partial charge in [-0.25, -0.2) is 8.42 Å². The number of para-hydroxylation sites is 2. The van der Waals surface area contributed by atoms with Crippen molar-refractivity contribution >= 4 is 21.6 Å². The number of carbonyl (C=O) groups is 1. The van der Waals surface area contributed by atoms with Crippen LogP contribution in [0.25, 0.3) is 0 Å². The minimum Gasteiger partial charge on any atom is -0.495 e. The van der Waals surface area contributed by atoms with Crippen molar-refractivity contribution in [2.24, 2.45) is 5.92 Å². The van der Waals surface area contributed by atoms with E-state index in [1.807, 2.05) is 0 Å². The summed E-state index contributed by atoms with van der Waals surface area (Å²) in [5, 5.41) is 2.44. The fourth-order valence-electron chi connectivity index (χ4n) is 3.68. The molecule has 2 unspecified atom stereocenters. The van der Waals surface area contributed by atoms with E-state index in [4.69, 9.17) is 4.74 Å². The van der Waals surface area contributed by atoms with Gasteiger partial charge in [-0.1, -0.05) is 31.0 Å². The second kappa shape index (κ2) is 9.17. The van der Waals surface area contributed by atoms with Gasteiger partial charge in [0.1, 0.15) is 5.75 Å². The summed E-state index contributed by atoms with van der Waals surface area (Å²) in [6.07, 6.45) is -3.16. The Labute approximate surface area is 178 Å². The summed E-state index contributed by atoms with van der Waals surface area (Å²) >= 11 is 0. The number of halogens is 3. The normalized spacial score (nSPS) is 19.5. The fourth-order valence-corrected chi connectivity index (χ4v) is 4.80. The lowest BCUT2D eigenvalue weighted by atomic mass is 9.84. The van der Waals surface area contributed by atoms with Crippen LogP contribution in [-0.4, -0.2) is 33.7 Å². The number of sulfonamides is 1. The largest absolute Gasteiger partial charge is 0.495 e. The smallest absolute Gasteiger partial charge is 0.393 e. The van der Waals surface area contributed by atoms with Crippen molar-refractivity contribution in [3.05, 3.63) is 54.1 Å². The topological polar surface area (TPSA) is 84.5 Å². The molecule has 1 fully saturated rings. The van der Waals surface area contributed by atoms with Gasteiger partial charge in [0.15, 0.2) is 0 Å². The van der Waals surface area contributed by atoms with Crippen LogP contribution in [0.2, 0.25) is 0 Å². The van der Waals surface area contributed by atoms with Crippen LogP contribution in [0, 0.1) is 5.92 Å². The van der Waals surface area contributed by atoms with Gasteiger partial charge >= 0.3 is 6.18 Å². The van der Waals surface area contributed by atoms with Gasteiger partial charge in [-0.2, -0.15) is 13.2 Å². The Morgan fingerprint density at radius 3 is 2.48 bits per heavy atom. The highest BCUT2D eigenvalue weighted by Crippen LogP contribution is 2.38. The predicted molar refractivity (Wildman–Crippen MR) is 110 cm³/mol. The Morgan fingerprint density at radius 1 is 1.06 bits per heavy atom. The third-order valence-corrected chi connectivity index (χ3v) is 6.62. The van der Waals surface area contributed by atoms with Crippen molar-refractivity contribution in [3.63, 3.8) is 0 Å². The first-order chi connectivity index (χ1) is 14.6. The second-order valence-corrected chi connectivity index (χ2v) is 9.03. The van der Waals surface area contributed by atoms with Crippen LogP contribution >= 0.6 is 0 Å². The number of methoxy groups -OCH3 is 1. The van der Waals surface area contributed by atoms with Crippen molar-refractivity contribution in [1.82, 2.24) is 5.32 Å². The summed E-state index contributed by atoms with van der Waals surface area (Å²) in [4.78, 5) is 12.4. The first kappa shape index (κ1) is 22.9. The Balaban J connectivity index is 1.79. The molecule has 31 heavy (non-hydrogen) atoms. The fraction of sp³-hybridized carbons (Fsp3) is 0.381. The molecule has 168 valence electrons. The molecule has 0 heterocycles. The zero-order chi connectivity index (χ0) is 22.6. The van der Waals surface area contributed by atoms with E-state index in [0.29, 0.717) is 18.6 Å². The summed E-state index contributed by atoms with van der Waals surface area (Å²) in [6.45, 7) is 0. The molecule has 2 aromatic rings. The molecule has 2 atom stereocenters. The molecule has 0 aromatic heterocycles. The highest BCUT2D eigenvalue weighted by atomic mass is 32.2. The lowest BCUT2D eigenvalue weighted by molar-refractivity contribution is -0.187. The Kier molecular flexibility index (Phi) is 6.78. The molecule has 1 aliphatic rings. The number of carbonyl (C=O) groups excluding carboxylic acids is 1. The number of benzene rings is 2. The number of rotatable bonds is 6. The molecule has 0 bridgehead atoms. The molecule has 1 saturated carbocycles. The van der Waals surface area contributed by atoms with Crippen molar-refractivity contribution in [2.45, 2.75) is 42.8 Å². The maximum atomic E-state index is 13.3. The van der Waals surface area contributed by atoms with Crippen LogP contribution in [0.15, 0.2) is 53.4 Å². The van der Waals surface area contributed by atoms with Crippen LogP contribution in [0.4, 0.5) is 18.9 Å². The third kappa shape index (κ3) is 5.49. The molecular formula is C21H23F3N2O4S. The molecule has 0 aliphatic heterocycles. The minimum absolute atomic E-state index is 0.0330. The highest BCUT2D eigenvalue weighted by Gasteiger charge is 2.46. The van der Waals surface area contributed by atoms with Gasteiger partial charge in [0.25, 0.3) is 15.9 Å². The molecule has 3 rings (SSSR count). The van der Waals surface area contributed by atoms with Crippen molar-refractivity contribution in [2.75, 3.05) is 11.8 Å². The summed E-state index contributed by atoms with van der Waals surface area (Å²) < 4.78 is 72.9. The van der Waals surface area contributed by atoms with E-state index < -0.39 is 34.1 Å². The van der Waals surface area contributed by atoms with Crippen molar-refractivity contribution in [1.29, 1.82) is 0 Å². The standard InChI is InChI=1S/C21H23F3N2O4S/c1-30-19-12-5-4-11-18(19)26-31(28,29)15-8-6-7-14(13-15)20(27)25-17-10-3-2-9-16(17)21(22,23)24/h4-8,11-13,16-17,26H,2-3,9-10H2,1H3,(H,25,27). The van der Waals surface area contributed by atoms with Crippen molar-refractivity contribution < 1.29 is 31.1 Å². The number of nitrogens with one attached hydrogen (secondary N) is 2. The molecule has 0 radical (unpaired) electrons. The quantitative estimate of drug-likeness (QED) is 0.677. The van der Waals surface area contributed by atoms with Crippen LogP contribution in [0.5, 0.6) is 5.75 Å². The first-order valence-corrected chi connectivity index (χ1v) is 11.2. The van der Waals surface area contributed by atoms with Gasteiger partial charge in [0.2, 0.25) is 0 Å². The number of ether oxygens (including phenoxy) is 1. The number of hydrogen-bond donors (Lipinski definition) is 2. The van der Waals surface area contributed by atoms with E-state index in [0.717, 1.165) is 6.07 Å². The first-order valence-electron chi connectivity index (χ1n) is 9.75. The summed E-state index contributed by atoms with van der Waals surface area (Å²) in [6, 6.07) is 10.6. The van der Waals surface area contributed by atoms with Crippen LogP contribution in [-0.2, 0) is 10.0 Å². The Bertz CT molecular complexity index is 1040. The molecule has 2 aromatic carbocycles. The van der Waals surface area contributed by atoms with Gasteiger partial charge in [0, 0.05) is 11.6 Å². The van der Waals surface area contributed by atoms with Crippen LogP contribution in [0.1, 0.15) is 36.0 Å². The van der Waals surface area contributed by atoms with Gasteiger partial charge in [-0.3, -0.25) is 9.52 Å². The van der Waals surface area contributed by atoms with E-state index >= 15 is 0 Å². The maximum Gasteiger partial charge on any atom is 0.393 e. The van der Waals surface area contributed by atoms with E-state index in [1.54, 1.807) is 18.2 Å². The Hall–Kier alpha value is -2.75. The highest BCUT2D eigenvalue weighted by molar-refractivity contribution is 7.92. The molecule has 2 N–H and O–H groups in total. The number of anilines is 1. The Morgan fingerprint density at radius 2 is 1.77 bits per heavy atom. The van der Waals surface area contributed by atoms with E-state index in [2.05, 4.69) is 10.0 Å². The molecule has 1 amide bonds. The molecular weight excluding hydrogens is 433 g/mol. The average molecular weight is 456 g/mol. The van der Waals surface area contributed by atoms with Gasteiger partial charge in [0.05, 0.1) is 23.6 Å². The average Bonchev–Trinajstić information content (AvgIpc) is 2.73. The summed E-state index contributed by atoms with van der Waals surface area (Å²) in [5.74, 6) is -2.03. The van der Waals surface area contributed by atoms with Crippen LogP contribution in [0.3, 0.4) is 0 Å². The van der Waals surface area contributed by atoms with E-state index in [1.165, 1.54) is 31.4 Å². The van der Waals surface area contributed by atoms with Crippen LogP contribution < -0.4 is 14.8 Å². The molecule has 10 heteroatoms. The number of amides is 1. The van der Waals surface area contributed by atoms with Gasteiger partial charge < -0.3 is 10.1 Å². The van der Waals surface area contributed by atoms with Crippen molar-refractivity contribution in [3.8, 4) is 5.75 Å². The third-order valence-electron chi connectivity index (χ3n) is 5.26. The van der Waals surface area contributed by atoms with E-state index in [9.17, 15) is 26.4 Å². The molecule has 6 nitrogen and oxygen atoms in total. The minimum atomic E-state index is -4.40. The molecule has 1 aliphatic carbocycles.